The molecule has 1 rings (SSSR count). The van der Waals surface area contributed by atoms with Crippen molar-refractivity contribution in [3.8, 4) is 0 Å². The molecule has 0 saturated carbocycles. The molecule has 6 nitrogen and oxygen atoms in total. The molecule has 0 aliphatic carbocycles. The quantitative estimate of drug-likeness (QED) is 0.404. The number of aliphatic hydroxyl groups excluding tert-OH is 1. The Bertz CT molecular complexity index is 311. The van der Waals surface area contributed by atoms with Crippen molar-refractivity contribution in [3.05, 3.63) is 12.3 Å². The standard InChI is InChI=1S/C7H11F2N5O/c8-6(9)4(15)3-12-5-1-2-11-7(13-5)14-10/h1-2,4,6,15H,3,10H2,(H2,11,12,13,14). The van der Waals surface area contributed by atoms with Gasteiger partial charge in [0.05, 0.1) is 0 Å². The van der Waals surface area contributed by atoms with E-state index in [1.165, 1.54) is 12.3 Å². The third kappa shape index (κ3) is 3.60. The lowest BCUT2D eigenvalue weighted by Gasteiger charge is -2.11. The van der Waals surface area contributed by atoms with Crippen LogP contribution in [0.4, 0.5) is 20.5 Å². The molecule has 1 atom stereocenters. The van der Waals surface area contributed by atoms with Gasteiger partial charge < -0.3 is 10.4 Å². The largest absolute Gasteiger partial charge is 0.385 e. The zero-order valence-electron chi connectivity index (χ0n) is 7.69. The summed E-state index contributed by atoms with van der Waals surface area (Å²) in [5.41, 5.74) is 2.20. The third-order valence-electron chi connectivity index (χ3n) is 1.57. The second-order valence-corrected chi connectivity index (χ2v) is 2.69. The van der Waals surface area contributed by atoms with Gasteiger partial charge in [-0.05, 0) is 6.07 Å². The van der Waals surface area contributed by atoms with Crippen LogP contribution in [0.2, 0.25) is 0 Å². The Morgan fingerprint density at radius 3 is 2.87 bits per heavy atom. The molecule has 1 aromatic rings. The van der Waals surface area contributed by atoms with Gasteiger partial charge in [-0.1, -0.05) is 0 Å². The number of nitrogens with zero attached hydrogens (tertiary/aromatic N) is 2. The highest BCUT2D eigenvalue weighted by Gasteiger charge is 2.16. The average molecular weight is 219 g/mol. The van der Waals surface area contributed by atoms with E-state index < -0.39 is 12.5 Å². The van der Waals surface area contributed by atoms with E-state index in [1.807, 2.05) is 0 Å². The molecule has 0 fully saturated rings. The van der Waals surface area contributed by atoms with Crippen molar-refractivity contribution in [1.29, 1.82) is 0 Å². The van der Waals surface area contributed by atoms with Gasteiger partial charge in [0.2, 0.25) is 5.95 Å². The Hall–Kier alpha value is -1.54. The molecule has 1 heterocycles. The summed E-state index contributed by atoms with van der Waals surface area (Å²) in [5.74, 6) is 5.51. The van der Waals surface area contributed by atoms with Crippen LogP contribution in [0.5, 0.6) is 0 Å². The highest BCUT2D eigenvalue weighted by Crippen LogP contribution is 2.06. The second-order valence-electron chi connectivity index (χ2n) is 2.69. The predicted molar refractivity (Wildman–Crippen MR) is 50.3 cm³/mol. The number of aromatic nitrogens is 2. The number of alkyl halides is 2. The van der Waals surface area contributed by atoms with Crippen LogP contribution in [0.3, 0.4) is 0 Å². The van der Waals surface area contributed by atoms with Gasteiger partial charge in [-0.15, -0.1) is 0 Å². The number of anilines is 2. The van der Waals surface area contributed by atoms with Crippen molar-refractivity contribution in [1.82, 2.24) is 9.97 Å². The molecule has 0 bridgehead atoms. The molecule has 1 unspecified atom stereocenters. The third-order valence-corrected chi connectivity index (χ3v) is 1.57. The Morgan fingerprint density at radius 1 is 1.53 bits per heavy atom. The maximum atomic E-state index is 11.9. The summed E-state index contributed by atoms with van der Waals surface area (Å²) in [7, 11) is 0. The zero-order chi connectivity index (χ0) is 11.3. The number of nitrogens with one attached hydrogen (secondary N) is 2. The molecular formula is C7H11F2N5O. The van der Waals surface area contributed by atoms with E-state index >= 15 is 0 Å². The van der Waals surface area contributed by atoms with Crippen LogP contribution in [0.1, 0.15) is 0 Å². The summed E-state index contributed by atoms with van der Waals surface area (Å²) in [6.45, 7) is -0.293. The number of hydrazine groups is 1. The maximum absolute atomic E-state index is 11.9. The number of halogens is 2. The Labute approximate surface area is 84.5 Å². The monoisotopic (exact) mass is 219 g/mol. The minimum Gasteiger partial charge on any atom is -0.385 e. The van der Waals surface area contributed by atoms with E-state index in [0.29, 0.717) is 5.82 Å². The minimum atomic E-state index is -2.79. The summed E-state index contributed by atoms with van der Waals surface area (Å²) in [6.07, 6.45) is -3.11. The number of nitrogen functional groups attached to an aromatic ring is 1. The highest BCUT2D eigenvalue weighted by atomic mass is 19.3. The van der Waals surface area contributed by atoms with Gasteiger partial charge in [0.25, 0.3) is 6.43 Å². The first-order valence-electron chi connectivity index (χ1n) is 4.13. The zero-order valence-corrected chi connectivity index (χ0v) is 7.69. The lowest BCUT2D eigenvalue weighted by Crippen LogP contribution is -2.27. The average Bonchev–Trinajstić information content (AvgIpc) is 2.26. The molecule has 8 heteroatoms. The molecule has 0 spiro atoms. The number of rotatable bonds is 5. The normalized spacial score (nSPS) is 12.6. The van der Waals surface area contributed by atoms with Gasteiger partial charge in [0.1, 0.15) is 11.9 Å². The Kier molecular flexibility index (Phi) is 4.13. The van der Waals surface area contributed by atoms with E-state index in [0.717, 1.165) is 0 Å². The lowest BCUT2D eigenvalue weighted by molar-refractivity contribution is 0.00381. The van der Waals surface area contributed by atoms with Crippen LogP contribution in [0.15, 0.2) is 12.3 Å². The van der Waals surface area contributed by atoms with Gasteiger partial charge >= 0.3 is 0 Å². The molecule has 15 heavy (non-hydrogen) atoms. The smallest absolute Gasteiger partial charge is 0.265 e. The minimum absolute atomic E-state index is 0.159. The molecule has 0 aromatic carbocycles. The van der Waals surface area contributed by atoms with Gasteiger partial charge in [-0.25, -0.2) is 19.6 Å². The van der Waals surface area contributed by atoms with Gasteiger partial charge in [0.15, 0.2) is 0 Å². The topological polar surface area (TPSA) is 96.1 Å². The number of aliphatic hydroxyl groups is 1. The molecule has 5 N–H and O–H groups in total. The van der Waals surface area contributed by atoms with Gasteiger partial charge in [0, 0.05) is 12.7 Å². The van der Waals surface area contributed by atoms with Gasteiger partial charge in [-0.3, -0.25) is 5.43 Å². The van der Waals surface area contributed by atoms with E-state index in [2.05, 4.69) is 20.7 Å². The fraction of sp³-hybridized carbons (Fsp3) is 0.429. The van der Waals surface area contributed by atoms with Crippen LogP contribution < -0.4 is 16.6 Å². The van der Waals surface area contributed by atoms with E-state index in [4.69, 9.17) is 10.9 Å². The summed E-state index contributed by atoms with van der Waals surface area (Å²) < 4.78 is 23.8. The van der Waals surface area contributed by atoms with Crippen LogP contribution in [-0.2, 0) is 0 Å². The number of nitrogens with two attached hydrogens (primary N) is 1. The Balaban J connectivity index is 2.50. The second kappa shape index (κ2) is 5.37. The Morgan fingerprint density at radius 2 is 2.27 bits per heavy atom. The summed E-state index contributed by atoms with van der Waals surface area (Å²) in [6, 6.07) is 1.47. The van der Waals surface area contributed by atoms with Crippen LogP contribution in [-0.4, -0.2) is 34.1 Å². The molecule has 0 amide bonds. The SMILES string of the molecule is NNc1nccc(NCC(O)C(F)F)n1. The fourth-order valence-electron chi connectivity index (χ4n) is 0.825. The van der Waals surface area contributed by atoms with Crippen LogP contribution in [0.25, 0.3) is 0 Å². The summed E-state index contributed by atoms with van der Waals surface area (Å²) >= 11 is 0. The van der Waals surface area contributed by atoms with Crippen molar-refractivity contribution >= 4 is 11.8 Å². The molecule has 0 radical (unpaired) electrons. The molecular weight excluding hydrogens is 208 g/mol. The molecule has 84 valence electrons. The summed E-state index contributed by atoms with van der Waals surface area (Å²) in [4.78, 5) is 7.53. The van der Waals surface area contributed by atoms with Crippen LogP contribution >= 0.6 is 0 Å². The fourth-order valence-corrected chi connectivity index (χ4v) is 0.825. The van der Waals surface area contributed by atoms with E-state index in [1.54, 1.807) is 0 Å². The first kappa shape index (κ1) is 11.5. The van der Waals surface area contributed by atoms with Crippen molar-refractivity contribution in [3.63, 3.8) is 0 Å². The van der Waals surface area contributed by atoms with E-state index in [-0.39, 0.29) is 12.5 Å². The highest BCUT2D eigenvalue weighted by molar-refractivity contribution is 5.38. The molecule has 0 aliphatic heterocycles. The lowest BCUT2D eigenvalue weighted by atomic mass is 10.3. The van der Waals surface area contributed by atoms with E-state index in [9.17, 15) is 8.78 Å². The van der Waals surface area contributed by atoms with Crippen molar-refractivity contribution in [2.24, 2.45) is 5.84 Å². The first-order chi connectivity index (χ1) is 7.13. The molecule has 1 aromatic heterocycles. The number of hydrogen-bond acceptors (Lipinski definition) is 6. The van der Waals surface area contributed by atoms with Crippen LogP contribution in [0, 0.1) is 0 Å². The van der Waals surface area contributed by atoms with Crippen molar-refractivity contribution in [2.45, 2.75) is 12.5 Å². The predicted octanol–water partition coefficient (Wildman–Crippen LogP) is -0.200. The maximum Gasteiger partial charge on any atom is 0.265 e. The molecule has 0 saturated heterocycles. The summed E-state index contributed by atoms with van der Waals surface area (Å²) in [5, 5.41) is 11.3. The van der Waals surface area contributed by atoms with Crippen molar-refractivity contribution in [2.75, 3.05) is 17.3 Å². The molecule has 0 aliphatic rings. The first-order valence-corrected chi connectivity index (χ1v) is 4.13. The number of hydrogen-bond donors (Lipinski definition) is 4. The van der Waals surface area contributed by atoms with Gasteiger partial charge in [-0.2, -0.15) is 4.98 Å². The van der Waals surface area contributed by atoms with Crippen molar-refractivity contribution < 1.29 is 13.9 Å².